The average Bonchev–Trinajstić information content (AvgIpc) is 3.32. The highest BCUT2D eigenvalue weighted by Gasteiger charge is 2.33. The lowest BCUT2D eigenvalue weighted by Gasteiger charge is -2.21. The maximum Gasteiger partial charge on any atom is 0.268 e. The maximum absolute atomic E-state index is 12.9. The lowest BCUT2D eigenvalue weighted by molar-refractivity contribution is -0.125. The molecule has 1 aliphatic carbocycles. The van der Waals surface area contributed by atoms with E-state index in [4.69, 9.17) is 11.6 Å². The van der Waals surface area contributed by atoms with Gasteiger partial charge in [0, 0.05) is 28.4 Å². The molecule has 2 aromatic rings. The Labute approximate surface area is 184 Å². The summed E-state index contributed by atoms with van der Waals surface area (Å²) in [6.07, 6.45) is 3.48. The number of nitrogens with zero attached hydrogens (tertiary/aromatic N) is 1. The molecule has 1 saturated heterocycles. The second-order valence-electron chi connectivity index (χ2n) is 8.32. The smallest absolute Gasteiger partial charge is 0.268 e. The van der Waals surface area contributed by atoms with Crippen molar-refractivity contribution in [3.63, 3.8) is 0 Å². The molecule has 0 spiro atoms. The van der Waals surface area contributed by atoms with Crippen molar-refractivity contribution in [2.75, 3.05) is 6.54 Å². The van der Waals surface area contributed by atoms with Crippen molar-refractivity contribution in [2.24, 2.45) is 11.8 Å². The Bertz CT molecular complexity index is 1060. The van der Waals surface area contributed by atoms with Crippen LogP contribution in [-0.2, 0) is 9.59 Å². The Morgan fingerprint density at radius 1 is 1.19 bits per heavy atom. The van der Waals surface area contributed by atoms with E-state index in [-0.39, 0.29) is 18.2 Å². The van der Waals surface area contributed by atoms with Gasteiger partial charge in [-0.05, 0) is 49.4 Å². The third-order valence-corrected chi connectivity index (χ3v) is 6.11. The molecule has 1 aromatic carbocycles. The number of benzene rings is 1. The van der Waals surface area contributed by atoms with Gasteiger partial charge in [-0.15, -0.1) is 0 Å². The van der Waals surface area contributed by atoms with Crippen molar-refractivity contribution < 1.29 is 14.4 Å². The SMILES string of the molecule is N#C[C@H](C[C@@H]1CCNC1=O)NC(=O)[C@H](CC1CC1)NC(=O)c1cc2cc(Cl)ccc2[nH]1. The fourth-order valence-electron chi connectivity index (χ4n) is 3.95. The zero-order valence-electron chi connectivity index (χ0n) is 16.9. The number of amides is 3. The number of H-pyrrole nitrogens is 1. The molecule has 4 N–H and O–H groups in total. The molecule has 3 amide bonds. The number of aromatic nitrogens is 1. The molecule has 3 atom stereocenters. The zero-order chi connectivity index (χ0) is 22.0. The lowest BCUT2D eigenvalue weighted by Crippen LogP contribution is -2.50. The number of hydrogen-bond acceptors (Lipinski definition) is 4. The fraction of sp³-hybridized carbons (Fsp3) is 0.455. The first-order valence-corrected chi connectivity index (χ1v) is 10.9. The van der Waals surface area contributed by atoms with Crippen LogP contribution in [0.5, 0.6) is 0 Å². The van der Waals surface area contributed by atoms with Crippen molar-refractivity contribution in [3.05, 3.63) is 35.0 Å². The quantitative estimate of drug-likeness (QED) is 0.501. The summed E-state index contributed by atoms with van der Waals surface area (Å²) in [6.45, 7) is 0.589. The molecule has 2 fully saturated rings. The Morgan fingerprint density at radius 2 is 2.00 bits per heavy atom. The van der Waals surface area contributed by atoms with Crippen molar-refractivity contribution in [3.8, 4) is 6.07 Å². The molecular formula is C22H24ClN5O3. The predicted molar refractivity (Wildman–Crippen MR) is 115 cm³/mol. The van der Waals surface area contributed by atoms with Crippen molar-refractivity contribution in [1.29, 1.82) is 5.26 Å². The van der Waals surface area contributed by atoms with E-state index in [0.29, 0.717) is 36.0 Å². The number of halogens is 1. The monoisotopic (exact) mass is 441 g/mol. The molecule has 4 rings (SSSR count). The van der Waals surface area contributed by atoms with E-state index < -0.39 is 23.9 Å². The summed E-state index contributed by atoms with van der Waals surface area (Å²) in [6, 6.07) is 7.52. The van der Waals surface area contributed by atoms with Crippen molar-refractivity contribution in [1.82, 2.24) is 20.9 Å². The number of carbonyl (C=O) groups is 3. The number of aromatic amines is 1. The Kier molecular flexibility index (Phi) is 6.14. The Hall–Kier alpha value is -3.05. The van der Waals surface area contributed by atoms with Gasteiger partial charge in [0.25, 0.3) is 5.91 Å². The first-order valence-electron chi connectivity index (χ1n) is 10.5. The number of fused-ring (bicyclic) bond motifs is 1. The van der Waals surface area contributed by atoms with Crippen LogP contribution in [0.25, 0.3) is 10.9 Å². The van der Waals surface area contributed by atoms with Gasteiger partial charge in [-0.25, -0.2) is 0 Å². The van der Waals surface area contributed by atoms with E-state index in [1.807, 2.05) is 0 Å². The molecule has 0 radical (unpaired) electrons. The lowest BCUT2D eigenvalue weighted by atomic mass is 9.98. The summed E-state index contributed by atoms with van der Waals surface area (Å²) >= 11 is 6.01. The van der Waals surface area contributed by atoms with Gasteiger partial charge in [0.15, 0.2) is 0 Å². The highest BCUT2D eigenvalue weighted by atomic mass is 35.5. The number of carbonyl (C=O) groups excluding carboxylic acids is 3. The van der Waals surface area contributed by atoms with Gasteiger partial charge in [0.05, 0.1) is 6.07 Å². The highest BCUT2D eigenvalue weighted by Crippen LogP contribution is 2.33. The highest BCUT2D eigenvalue weighted by molar-refractivity contribution is 6.31. The van der Waals surface area contributed by atoms with Crippen LogP contribution in [0.3, 0.4) is 0 Å². The molecule has 0 bridgehead atoms. The van der Waals surface area contributed by atoms with Crippen LogP contribution in [0.15, 0.2) is 24.3 Å². The molecule has 9 heteroatoms. The minimum absolute atomic E-state index is 0.0868. The van der Waals surface area contributed by atoms with Gasteiger partial charge in [-0.1, -0.05) is 24.4 Å². The Morgan fingerprint density at radius 3 is 2.68 bits per heavy atom. The van der Waals surface area contributed by atoms with E-state index in [9.17, 15) is 19.6 Å². The molecule has 2 aliphatic rings. The average molecular weight is 442 g/mol. The van der Waals surface area contributed by atoms with E-state index in [1.165, 1.54) is 0 Å². The normalized spacial score (nSPS) is 20.0. The standard InChI is InChI=1S/C22H24ClN5O3/c23-15-3-4-17-14(8-15)10-19(27-17)22(31)28-18(7-12-1-2-12)21(30)26-16(11-24)9-13-5-6-25-20(13)29/h3-4,8,10,12-13,16,18,27H,1-2,5-7,9H2,(H,25,29)(H,26,30)(H,28,31)/t13-,16-,18-/m0/s1. The second-order valence-corrected chi connectivity index (χ2v) is 8.76. The third kappa shape index (κ3) is 5.17. The minimum Gasteiger partial charge on any atom is -0.356 e. The number of rotatable bonds is 8. The van der Waals surface area contributed by atoms with Crippen LogP contribution in [0.4, 0.5) is 0 Å². The van der Waals surface area contributed by atoms with Crippen molar-refractivity contribution >= 4 is 40.2 Å². The van der Waals surface area contributed by atoms with Gasteiger partial charge in [-0.2, -0.15) is 5.26 Å². The van der Waals surface area contributed by atoms with Gasteiger partial charge in [0.2, 0.25) is 11.8 Å². The molecule has 8 nitrogen and oxygen atoms in total. The van der Waals surface area contributed by atoms with Crippen molar-refractivity contribution in [2.45, 2.75) is 44.2 Å². The third-order valence-electron chi connectivity index (χ3n) is 5.87. The van der Waals surface area contributed by atoms with E-state index in [0.717, 1.165) is 23.7 Å². The fourth-order valence-corrected chi connectivity index (χ4v) is 4.13. The predicted octanol–water partition coefficient (Wildman–Crippen LogP) is 2.25. The zero-order valence-corrected chi connectivity index (χ0v) is 17.7. The maximum atomic E-state index is 12.9. The molecular weight excluding hydrogens is 418 g/mol. The topological polar surface area (TPSA) is 127 Å². The number of nitriles is 1. The molecule has 31 heavy (non-hydrogen) atoms. The van der Waals surface area contributed by atoms with Crippen LogP contribution < -0.4 is 16.0 Å². The molecule has 1 aliphatic heterocycles. The first-order chi connectivity index (χ1) is 14.9. The number of hydrogen-bond donors (Lipinski definition) is 4. The molecule has 1 aromatic heterocycles. The van der Waals surface area contributed by atoms with E-state index >= 15 is 0 Å². The minimum atomic E-state index is -0.782. The van der Waals surface area contributed by atoms with Crippen LogP contribution in [0, 0.1) is 23.2 Å². The summed E-state index contributed by atoms with van der Waals surface area (Å²) in [7, 11) is 0. The summed E-state index contributed by atoms with van der Waals surface area (Å²) in [5, 5.41) is 19.1. The van der Waals surface area contributed by atoms with Gasteiger partial charge < -0.3 is 20.9 Å². The van der Waals surface area contributed by atoms with Gasteiger partial charge in [-0.3, -0.25) is 14.4 Å². The van der Waals surface area contributed by atoms with Crippen LogP contribution in [-0.4, -0.2) is 41.3 Å². The molecule has 2 heterocycles. The summed E-state index contributed by atoms with van der Waals surface area (Å²) in [5.41, 5.74) is 1.11. The number of nitrogens with one attached hydrogen (secondary N) is 4. The van der Waals surface area contributed by atoms with E-state index in [1.54, 1.807) is 24.3 Å². The molecule has 162 valence electrons. The second kappa shape index (κ2) is 8.98. The van der Waals surface area contributed by atoms with Crippen LogP contribution in [0.1, 0.15) is 42.6 Å². The molecule has 0 unspecified atom stereocenters. The van der Waals surface area contributed by atoms with E-state index in [2.05, 4.69) is 27.0 Å². The summed E-state index contributed by atoms with van der Waals surface area (Å²) in [5.74, 6) is -0.768. The summed E-state index contributed by atoms with van der Waals surface area (Å²) < 4.78 is 0. The summed E-state index contributed by atoms with van der Waals surface area (Å²) in [4.78, 5) is 40.6. The molecule has 1 saturated carbocycles. The first kappa shape index (κ1) is 21.2. The van der Waals surface area contributed by atoms with Crippen LogP contribution >= 0.6 is 11.6 Å². The van der Waals surface area contributed by atoms with Gasteiger partial charge >= 0.3 is 0 Å². The Balaban J connectivity index is 1.43. The van der Waals surface area contributed by atoms with Crippen LogP contribution in [0.2, 0.25) is 5.02 Å². The van der Waals surface area contributed by atoms with Gasteiger partial charge in [0.1, 0.15) is 17.8 Å². The largest absolute Gasteiger partial charge is 0.356 e.